The minimum Gasteiger partial charge on any atom is -0.315 e. The average molecular weight is 245 g/mol. The molecule has 0 unspecified atom stereocenters. The minimum atomic E-state index is 0.0427. The molecule has 4 heteroatoms. The molecule has 72 valence electrons. The number of halogens is 1. The Hall–Kier alpha value is -0.610. The van der Waals surface area contributed by atoms with Crippen LogP contribution in [0.3, 0.4) is 0 Å². The van der Waals surface area contributed by atoms with Crippen molar-refractivity contribution in [3.8, 4) is 0 Å². The number of rotatable bonds is 4. The molecule has 1 heterocycles. The van der Waals surface area contributed by atoms with Gasteiger partial charge in [-0.3, -0.25) is 4.79 Å². The van der Waals surface area contributed by atoms with Gasteiger partial charge in [-0.2, -0.15) is 0 Å². The fraction of sp³-hybridized carbons (Fsp3) is 0.444. The molecule has 0 aliphatic heterocycles. The van der Waals surface area contributed by atoms with Crippen LogP contribution in [0.2, 0.25) is 0 Å². The third kappa shape index (κ3) is 3.32. The summed E-state index contributed by atoms with van der Waals surface area (Å²) in [5.41, 5.74) is 0.0427. The zero-order chi connectivity index (χ0) is 9.68. The molecule has 0 fully saturated rings. The largest absolute Gasteiger partial charge is 0.315 e. The Morgan fingerprint density at radius 1 is 1.54 bits per heavy atom. The van der Waals surface area contributed by atoms with Crippen LogP contribution in [0.15, 0.2) is 27.6 Å². The summed E-state index contributed by atoms with van der Waals surface area (Å²) in [6.07, 6.45) is 1.81. The zero-order valence-corrected chi connectivity index (χ0v) is 9.17. The van der Waals surface area contributed by atoms with Crippen LogP contribution in [0.1, 0.15) is 6.92 Å². The van der Waals surface area contributed by atoms with Crippen LogP contribution in [0, 0.1) is 0 Å². The van der Waals surface area contributed by atoms with Crippen LogP contribution in [-0.2, 0) is 6.54 Å². The number of nitrogens with zero attached hydrogens (tertiary/aromatic N) is 1. The van der Waals surface area contributed by atoms with E-state index in [4.69, 9.17) is 0 Å². The molecule has 0 saturated carbocycles. The van der Waals surface area contributed by atoms with Crippen molar-refractivity contribution in [1.82, 2.24) is 9.88 Å². The fourth-order valence-corrected chi connectivity index (χ4v) is 1.43. The van der Waals surface area contributed by atoms with E-state index in [1.165, 1.54) is 0 Å². The monoisotopic (exact) mass is 244 g/mol. The van der Waals surface area contributed by atoms with E-state index in [2.05, 4.69) is 21.2 Å². The predicted octanol–water partition coefficient (Wildman–Crippen LogP) is 1.22. The topological polar surface area (TPSA) is 34.0 Å². The van der Waals surface area contributed by atoms with Crippen LogP contribution in [-0.4, -0.2) is 17.7 Å². The summed E-state index contributed by atoms with van der Waals surface area (Å²) in [4.78, 5) is 11.3. The molecule has 0 bridgehead atoms. The third-order valence-corrected chi connectivity index (χ3v) is 2.20. The van der Waals surface area contributed by atoms with Crippen molar-refractivity contribution in [1.29, 1.82) is 0 Å². The van der Waals surface area contributed by atoms with E-state index in [1.54, 1.807) is 22.9 Å². The highest BCUT2D eigenvalue weighted by atomic mass is 79.9. The average Bonchev–Trinajstić information content (AvgIpc) is 2.11. The van der Waals surface area contributed by atoms with Crippen molar-refractivity contribution >= 4 is 15.9 Å². The molecule has 1 aromatic rings. The summed E-state index contributed by atoms with van der Waals surface area (Å²) in [6, 6.07) is 3.32. The van der Waals surface area contributed by atoms with Crippen LogP contribution in [0.25, 0.3) is 0 Å². The van der Waals surface area contributed by atoms with Crippen molar-refractivity contribution in [3.63, 3.8) is 0 Å². The summed E-state index contributed by atoms with van der Waals surface area (Å²) in [5.74, 6) is 0. The van der Waals surface area contributed by atoms with Crippen LogP contribution < -0.4 is 10.9 Å². The standard InChI is InChI=1S/C9H13BrN2O/c1-2-11-5-6-12-7-8(10)3-4-9(12)13/h3-4,7,11H,2,5-6H2,1H3. The molecule has 0 radical (unpaired) electrons. The Labute approximate surface area is 85.9 Å². The molecular formula is C9H13BrN2O. The van der Waals surface area contributed by atoms with Gasteiger partial charge in [-0.15, -0.1) is 0 Å². The Morgan fingerprint density at radius 3 is 3.00 bits per heavy atom. The second-order valence-corrected chi connectivity index (χ2v) is 3.65. The van der Waals surface area contributed by atoms with Gasteiger partial charge in [0.1, 0.15) is 0 Å². The Morgan fingerprint density at radius 2 is 2.31 bits per heavy atom. The minimum absolute atomic E-state index is 0.0427. The van der Waals surface area contributed by atoms with Gasteiger partial charge in [0.05, 0.1) is 0 Å². The Balaban J connectivity index is 2.65. The maximum Gasteiger partial charge on any atom is 0.250 e. The van der Waals surface area contributed by atoms with Crippen molar-refractivity contribution in [3.05, 3.63) is 33.2 Å². The second kappa shape index (κ2) is 5.19. The van der Waals surface area contributed by atoms with Crippen LogP contribution in [0.4, 0.5) is 0 Å². The number of aromatic nitrogens is 1. The number of hydrogen-bond donors (Lipinski definition) is 1. The predicted molar refractivity (Wildman–Crippen MR) is 56.9 cm³/mol. The molecule has 1 aromatic heterocycles. The van der Waals surface area contributed by atoms with Crippen molar-refractivity contribution < 1.29 is 0 Å². The van der Waals surface area contributed by atoms with Gasteiger partial charge in [0.2, 0.25) is 0 Å². The number of hydrogen-bond acceptors (Lipinski definition) is 2. The van der Waals surface area contributed by atoms with Gasteiger partial charge in [-0.25, -0.2) is 0 Å². The molecule has 0 aromatic carbocycles. The number of nitrogens with one attached hydrogen (secondary N) is 1. The highest BCUT2D eigenvalue weighted by Crippen LogP contribution is 2.04. The van der Waals surface area contributed by atoms with E-state index in [0.717, 1.165) is 17.6 Å². The third-order valence-electron chi connectivity index (χ3n) is 1.73. The normalized spacial score (nSPS) is 10.3. The van der Waals surface area contributed by atoms with Gasteiger partial charge in [0.15, 0.2) is 0 Å². The first kappa shape index (κ1) is 10.5. The summed E-state index contributed by atoms with van der Waals surface area (Å²) in [6.45, 7) is 4.52. The lowest BCUT2D eigenvalue weighted by Crippen LogP contribution is -2.25. The summed E-state index contributed by atoms with van der Waals surface area (Å²) in [5, 5.41) is 3.17. The van der Waals surface area contributed by atoms with E-state index < -0.39 is 0 Å². The number of likely N-dealkylation sites (N-methyl/N-ethyl adjacent to an activating group) is 1. The van der Waals surface area contributed by atoms with Gasteiger partial charge in [-0.1, -0.05) is 6.92 Å². The maximum absolute atomic E-state index is 11.3. The molecule has 1 N–H and O–H groups in total. The Kier molecular flexibility index (Phi) is 4.18. The van der Waals surface area contributed by atoms with Gasteiger partial charge >= 0.3 is 0 Å². The van der Waals surface area contributed by atoms with E-state index >= 15 is 0 Å². The molecule has 0 saturated heterocycles. The summed E-state index contributed by atoms with van der Waals surface area (Å²) < 4.78 is 2.62. The lowest BCUT2D eigenvalue weighted by Gasteiger charge is -2.05. The van der Waals surface area contributed by atoms with Gasteiger partial charge in [-0.05, 0) is 28.5 Å². The first-order chi connectivity index (χ1) is 6.24. The van der Waals surface area contributed by atoms with Crippen molar-refractivity contribution in [2.45, 2.75) is 13.5 Å². The molecule has 0 aliphatic carbocycles. The van der Waals surface area contributed by atoms with Crippen LogP contribution >= 0.6 is 15.9 Å². The molecule has 0 atom stereocenters. The number of pyridine rings is 1. The van der Waals surface area contributed by atoms with Gasteiger partial charge in [0, 0.05) is 29.8 Å². The van der Waals surface area contributed by atoms with Gasteiger partial charge in [0.25, 0.3) is 5.56 Å². The molecular weight excluding hydrogens is 232 g/mol. The second-order valence-electron chi connectivity index (χ2n) is 2.73. The van der Waals surface area contributed by atoms with E-state index in [0.29, 0.717) is 6.54 Å². The van der Waals surface area contributed by atoms with Crippen molar-refractivity contribution in [2.75, 3.05) is 13.1 Å². The molecule has 1 rings (SSSR count). The SMILES string of the molecule is CCNCCn1cc(Br)ccc1=O. The van der Waals surface area contributed by atoms with Gasteiger partial charge < -0.3 is 9.88 Å². The summed E-state index contributed by atoms with van der Waals surface area (Å²) >= 11 is 3.33. The quantitative estimate of drug-likeness (QED) is 0.809. The molecule has 0 aliphatic rings. The molecule has 3 nitrogen and oxygen atoms in total. The zero-order valence-electron chi connectivity index (χ0n) is 7.59. The van der Waals surface area contributed by atoms with E-state index in [9.17, 15) is 4.79 Å². The summed E-state index contributed by atoms with van der Waals surface area (Å²) in [7, 11) is 0. The first-order valence-electron chi connectivity index (χ1n) is 4.30. The fourth-order valence-electron chi connectivity index (χ4n) is 1.05. The van der Waals surface area contributed by atoms with E-state index in [1.807, 2.05) is 6.92 Å². The van der Waals surface area contributed by atoms with E-state index in [-0.39, 0.29) is 5.56 Å². The highest BCUT2D eigenvalue weighted by molar-refractivity contribution is 9.10. The Bertz CT molecular complexity index is 322. The lowest BCUT2D eigenvalue weighted by atomic mass is 10.4. The highest BCUT2D eigenvalue weighted by Gasteiger charge is 1.95. The molecule has 0 spiro atoms. The van der Waals surface area contributed by atoms with Crippen LogP contribution in [0.5, 0.6) is 0 Å². The first-order valence-corrected chi connectivity index (χ1v) is 5.10. The lowest BCUT2D eigenvalue weighted by molar-refractivity contribution is 0.598. The van der Waals surface area contributed by atoms with Crippen molar-refractivity contribution in [2.24, 2.45) is 0 Å². The smallest absolute Gasteiger partial charge is 0.250 e. The molecule has 13 heavy (non-hydrogen) atoms. The maximum atomic E-state index is 11.3. The molecule has 0 amide bonds.